The average Bonchev–Trinajstić information content (AvgIpc) is 2.48. The maximum atomic E-state index is 11.2. The van der Waals surface area contributed by atoms with Crippen molar-refractivity contribution in [2.75, 3.05) is 7.11 Å². The largest absolute Gasteiger partial charge is 0.469 e. The predicted molar refractivity (Wildman–Crippen MR) is 73.5 cm³/mol. The molecule has 0 aliphatic carbocycles. The van der Waals surface area contributed by atoms with Gasteiger partial charge in [0.25, 0.3) is 0 Å². The fourth-order valence-electron chi connectivity index (χ4n) is 1.90. The lowest BCUT2D eigenvalue weighted by Gasteiger charge is -2.05. The molecule has 0 heterocycles. The van der Waals surface area contributed by atoms with E-state index >= 15 is 0 Å². The van der Waals surface area contributed by atoms with Crippen LogP contribution in [-0.4, -0.2) is 18.2 Å². The number of benzene rings is 2. The van der Waals surface area contributed by atoms with Crippen LogP contribution in [0.3, 0.4) is 0 Å². The summed E-state index contributed by atoms with van der Waals surface area (Å²) in [6, 6.07) is 15.5. The van der Waals surface area contributed by atoms with Crippen LogP contribution in [0.4, 0.5) is 0 Å². The number of aliphatic hydroxyl groups is 1. The molecular formula is C16H16O3. The molecule has 0 saturated heterocycles. The van der Waals surface area contributed by atoms with Crippen LogP contribution in [0, 0.1) is 0 Å². The lowest BCUT2D eigenvalue weighted by molar-refractivity contribution is -0.139. The second kappa shape index (κ2) is 6.16. The second-order valence-electron chi connectivity index (χ2n) is 4.31. The summed E-state index contributed by atoms with van der Waals surface area (Å²) in [5.74, 6) is -0.241. The predicted octanol–water partition coefficient (Wildman–Crippen LogP) is 2.56. The lowest BCUT2D eigenvalue weighted by atomic mass is 10.0. The normalized spacial score (nSPS) is 10.2. The third-order valence-electron chi connectivity index (χ3n) is 2.97. The van der Waals surface area contributed by atoms with E-state index in [1.54, 1.807) is 0 Å². The van der Waals surface area contributed by atoms with E-state index in [1.165, 1.54) is 7.11 Å². The van der Waals surface area contributed by atoms with Gasteiger partial charge in [-0.2, -0.15) is 0 Å². The molecule has 0 unspecified atom stereocenters. The van der Waals surface area contributed by atoms with Crippen LogP contribution in [0.2, 0.25) is 0 Å². The Hall–Kier alpha value is -2.13. The monoisotopic (exact) mass is 256 g/mol. The van der Waals surface area contributed by atoms with Crippen molar-refractivity contribution in [1.82, 2.24) is 0 Å². The van der Waals surface area contributed by atoms with E-state index in [9.17, 15) is 4.79 Å². The van der Waals surface area contributed by atoms with Crippen molar-refractivity contribution >= 4 is 5.97 Å². The van der Waals surface area contributed by atoms with Gasteiger partial charge in [-0.15, -0.1) is 0 Å². The highest BCUT2D eigenvalue weighted by atomic mass is 16.5. The van der Waals surface area contributed by atoms with E-state index in [0.29, 0.717) is 0 Å². The van der Waals surface area contributed by atoms with E-state index in [4.69, 9.17) is 5.11 Å². The van der Waals surface area contributed by atoms with Gasteiger partial charge in [0.15, 0.2) is 0 Å². The van der Waals surface area contributed by atoms with Crippen molar-refractivity contribution in [3.8, 4) is 11.1 Å². The highest BCUT2D eigenvalue weighted by molar-refractivity contribution is 5.73. The van der Waals surface area contributed by atoms with Crippen LogP contribution < -0.4 is 0 Å². The van der Waals surface area contributed by atoms with Crippen LogP contribution in [0.5, 0.6) is 0 Å². The van der Waals surface area contributed by atoms with Gasteiger partial charge < -0.3 is 9.84 Å². The minimum Gasteiger partial charge on any atom is -0.469 e. The van der Waals surface area contributed by atoms with E-state index in [-0.39, 0.29) is 19.0 Å². The molecule has 2 rings (SSSR count). The summed E-state index contributed by atoms with van der Waals surface area (Å²) in [5, 5.41) is 9.13. The number of methoxy groups -OCH3 is 1. The zero-order valence-corrected chi connectivity index (χ0v) is 10.8. The summed E-state index contributed by atoms with van der Waals surface area (Å²) in [5.41, 5.74) is 3.92. The van der Waals surface area contributed by atoms with Gasteiger partial charge >= 0.3 is 5.97 Å². The molecule has 0 amide bonds. The summed E-state index contributed by atoms with van der Waals surface area (Å²) >= 11 is 0. The van der Waals surface area contributed by atoms with Crippen molar-refractivity contribution in [2.24, 2.45) is 0 Å². The summed E-state index contributed by atoms with van der Waals surface area (Å²) in [4.78, 5) is 11.2. The van der Waals surface area contributed by atoms with Crippen LogP contribution in [0.25, 0.3) is 11.1 Å². The van der Waals surface area contributed by atoms with Gasteiger partial charge in [0, 0.05) is 0 Å². The molecule has 3 nitrogen and oxygen atoms in total. The molecule has 0 spiro atoms. The number of carbonyl (C=O) groups is 1. The Morgan fingerprint density at radius 1 is 1.05 bits per heavy atom. The standard InChI is InChI=1S/C16H16O3/c1-19-16(18)10-12-5-7-14(8-6-12)15-4-2-3-13(9-15)11-17/h2-9,17H,10-11H2,1H3. The van der Waals surface area contributed by atoms with Crippen molar-refractivity contribution < 1.29 is 14.6 Å². The van der Waals surface area contributed by atoms with Gasteiger partial charge in [0.1, 0.15) is 0 Å². The molecule has 0 bridgehead atoms. The molecular weight excluding hydrogens is 240 g/mol. The first-order chi connectivity index (χ1) is 9.22. The Morgan fingerprint density at radius 2 is 1.79 bits per heavy atom. The van der Waals surface area contributed by atoms with Crippen LogP contribution >= 0.6 is 0 Å². The highest BCUT2D eigenvalue weighted by Crippen LogP contribution is 2.21. The number of hydrogen-bond donors (Lipinski definition) is 1. The Bertz CT molecular complexity index is 558. The number of rotatable bonds is 4. The Labute approximate surface area is 112 Å². The van der Waals surface area contributed by atoms with Crippen molar-refractivity contribution in [2.45, 2.75) is 13.0 Å². The third kappa shape index (κ3) is 3.42. The van der Waals surface area contributed by atoms with E-state index < -0.39 is 0 Å². The van der Waals surface area contributed by atoms with Gasteiger partial charge in [-0.1, -0.05) is 42.5 Å². The first-order valence-corrected chi connectivity index (χ1v) is 6.09. The summed E-state index contributed by atoms with van der Waals surface area (Å²) < 4.78 is 4.63. The topological polar surface area (TPSA) is 46.5 Å². The number of carbonyl (C=O) groups excluding carboxylic acids is 1. The summed E-state index contributed by atoms with van der Waals surface area (Å²) in [7, 11) is 1.39. The molecule has 1 N–H and O–H groups in total. The van der Waals surface area contributed by atoms with Crippen molar-refractivity contribution in [3.05, 3.63) is 59.7 Å². The number of hydrogen-bond acceptors (Lipinski definition) is 3. The molecule has 3 heteroatoms. The molecule has 2 aromatic carbocycles. The van der Waals surface area contributed by atoms with E-state index in [0.717, 1.165) is 22.3 Å². The molecule has 0 aromatic heterocycles. The maximum Gasteiger partial charge on any atom is 0.309 e. The average molecular weight is 256 g/mol. The van der Waals surface area contributed by atoms with Crippen LogP contribution in [0.1, 0.15) is 11.1 Å². The highest BCUT2D eigenvalue weighted by Gasteiger charge is 2.03. The smallest absolute Gasteiger partial charge is 0.309 e. The lowest BCUT2D eigenvalue weighted by Crippen LogP contribution is -2.04. The molecule has 2 aromatic rings. The first kappa shape index (κ1) is 13.3. The Balaban J connectivity index is 2.19. The zero-order chi connectivity index (χ0) is 13.7. The zero-order valence-electron chi connectivity index (χ0n) is 10.8. The van der Waals surface area contributed by atoms with E-state index in [2.05, 4.69) is 4.74 Å². The number of aliphatic hydroxyl groups excluding tert-OH is 1. The fourth-order valence-corrected chi connectivity index (χ4v) is 1.90. The fraction of sp³-hybridized carbons (Fsp3) is 0.188. The minimum atomic E-state index is -0.241. The molecule has 0 atom stereocenters. The SMILES string of the molecule is COC(=O)Cc1ccc(-c2cccc(CO)c2)cc1. The van der Waals surface area contributed by atoms with Gasteiger partial charge in [0.05, 0.1) is 20.1 Å². The maximum absolute atomic E-state index is 11.2. The molecule has 0 fully saturated rings. The number of ether oxygens (including phenoxy) is 1. The second-order valence-corrected chi connectivity index (χ2v) is 4.31. The molecule has 0 aliphatic heterocycles. The van der Waals surface area contributed by atoms with Gasteiger partial charge in [-0.05, 0) is 28.3 Å². The van der Waals surface area contributed by atoms with Gasteiger partial charge in [-0.25, -0.2) is 0 Å². The Morgan fingerprint density at radius 3 is 2.42 bits per heavy atom. The Kier molecular flexibility index (Phi) is 4.31. The minimum absolute atomic E-state index is 0.0360. The van der Waals surface area contributed by atoms with E-state index in [1.807, 2.05) is 48.5 Å². The number of esters is 1. The third-order valence-corrected chi connectivity index (χ3v) is 2.97. The molecule has 98 valence electrons. The van der Waals surface area contributed by atoms with Crippen LogP contribution in [-0.2, 0) is 22.6 Å². The summed E-state index contributed by atoms with van der Waals surface area (Å²) in [6.45, 7) is 0.0360. The molecule has 0 radical (unpaired) electrons. The quantitative estimate of drug-likeness (QED) is 0.855. The molecule has 0 saturated carbocycles. The molecule has 0 aliphatic rings. The van der Waals surface area contributed by atoms with Gasteiger partial charge in [0.2, 0.25) is 0 Å². The molecule has 19 heavy (non-hydrogen) atoms. The van der Waals surface area contributed by atoms with Crippen LogP contribution in [0.15, 0.2) is 48.5 Å². The summed E-state index contributed by atoms with van der Waals surface area (Å²) in [6.07, 6.45) is 0.285. The van der Waals surface area contributed by atoms with Gasteiger partial charge in [-0.3, -0.25) is 4.79 Å². The van der Waals surface area contributed by atoms with Crippen molar-refractivity contribution in [3.63, 3.8) is 0 Å². The van der Waals surface area contributed by atoms with Crippen molar-refractivity contribution in [1.29, 1.82) is 0 Å². The first-order valence-electron chi connectivity index (χ1n) is 6.09.